The second-order valence-electron chi connectivity index (χ2n) is 9.22. The van der Waals surface area contributed by atoms with Crippen molar-refractivity contribution in [3.05, 3.63) is 29.3 Å². The topological polar surface area (TPSA) is 49.7 Å². The Morgan fingerprint density at radius 2 is 2.07 bits per heavy atom. The molecule has 3 aliphatic carbocycles. The Morgan fingerprint density at radius 3 is 2.89 bits per heavy atom. The Bertz CT molecular complexity index is 663. The lowest BCUT2D eigenvalue weighted by Gasteiger charge is -2.54. The van der Waals surface area contributed by atoms with Crippen molar-refractivity contribution >= 4 is 0 Å². The van der Waals surface area contributed by atoms with Crippen molar-refractivity contribution in [2.45, 2.75) is 63.9 Å². The molecule has 27 heavy (non-hydrogen) atoms. The molecule has 2 N–H and O–H groups in total. The summed E-state index contributed by atoms with van der Waals surface area (Å²) in [7, 11) is 0. The molecule has 0 spiro atoms. The lowest BCUT2D eigenvalue weighted by molar-refractivity contribution is -0.0512. The molecule has 0 radical (unpaired) electrons. The highest BCUT2D eigenvalue weighted by Crippen LogP contribution is 2.63. The van der Waals surface area contributed by atoms with Crippen molar-refractivity contribution in [1.29, 1.82) is 0 Å². The average molecular weight is 377 g/mol. The van der Waals surface area contributed by atoms with Crippen LogP contribution in [0.25, 0.3) is 0 Å². The maximum absolute atomic E-state index is 12.3. The summed E-state index contributed by atoms with van der Waals surface area (Å²) in [5.41, 5.74) is 2.75. The molecule has 0 saturated heterocycles. The lowest BCUT2D eigenvalue weighted by Crippen LogP contribution is -2.48. The molecule has 1 aromatic carbocycles. The molecule has 1 aromatic rings. The third-order valence-electron chi connectivity index (χ3n) is 7.87. The first-order chi connectivity index (χ1) is 13.0. The fourth-order valence-electron chi connectivity index (χ4n) is 6.73. The van der Waals surface area contributed by atoms with E-state index in [9.17, 15) is 14.6 Å². The van der Waals surface area contributed by atoms with Crippen LogP contribution in [0.5, 0.6) is 5.75 Å². The van der Waals surface area contributed by atoms with Gasteiger partial charge in [-0.05, 0) is 97.3 Å². The Hall–Kier alpha value is -1.13. The summed E-state index contributed by atoms with van der Waals surface area (Å²) >= 11 is 0. The Kier molecular flexibility index (Phi) is 5.48. The number of aryl methyl sites for hydroxylation is 1. The number of halogens is 1. The van der Waals surface area contributed by atoms with Crippen LogP contribution in [0.2, 0.25) is 0 Å². The summed E-state index contributed by atoms with van der Waals surface area (Å²) in [6.45, 7) is 2.70. The predicted molar refractivity (Wildman–Crippen MR) is 104 cm³/mol. The third-order valence-corrected chi connectivity index (χ3v) is 7.87. The van der Waals surface area contributed by atoms with Crippen LogP contribution in [0.15, 0.2) is 18.2 Å². The first-order valence-corrected chi connectivity index (χ1v) is 10.7. The van der Waals surface area contributed by atoms with Gasteiger partial charge in [-0.3, -0.25) is 0 Å². The van der Waals surface area contributed by atoms with Gasteiger partial charge < -0.3 is 14.9 Å². The van der Waals surface area contributed by atoms with E-state index in [0.717, 1.165) is 44.9 Å². The van der Waals surface area contributed by atoms with E-state index < -0.39 is 6.67 Å². The molecule has 1 unspecified atom stereocenters. The van der Waals surface area contributed by atoms with E-state index in [0.29, 0.717) is 36.0 Å². The molecule has 0 amide bonds. The maximum Gasteiger partial charge on any atom is 0.115 e. The summed E-state index contributed by atoms with van der Waals surface area (Å²) in [6.07, 6.45) is 7.13. The molecule has 3 nitrogen and oxygen atoms in total. The number of benzene rings is 1. The van der Waals surface area contributed by atoms with E-state index in [2.05, 4.69) is 13.0 Å². The lowest BCUT2D eigenvalue weighted by atomic mass is 9.51. The van der Waals surface area contributed by atoms with E-state index in [-0.39, 0.29) is 18.1 Å². The monoisotopic (exact) mass is 376 g/mol. The van der Waals surface area contributed by atoms with Gasteiger partial charge in [0.05, 0.1) is 12.7 Å². The minimum absolute atomic E-state index is 0.0278. The van der Waals surface area contributed by atoms with E-state index in [1.54, 1.807) is 0 Å². The number of aliphatic hydroxyl groups is 1. The number of ether oxygens (including phenoxy) is 1. The number of aromatic hydroxyl groups is 1. The largest absolute Gasteiger partial charge is 0.508 e. The number of aliphatic hydroxyl groups excluding tert-OH is 1. The SMILES string of the molecule is C[C@]12C[C@H](CCCOCCF)[C@@H]3c4ccc(O)cc4CC[C@H]3[C@@H]1CCC2O. The summed E-state index contributed by atoms with van der Waals surface area (Å²) < 4.78 is 17.6. The summed E-state index contributed by atoms with van der Waals surface area (Å²) in [6, 6.07) is 5.92. The predicted octanol–water partition coefficient (Wildman–Crippen LogP) is 4.60. The van der Waals surface area contributed by atoms with Gasteiger partial charge in [0.15, 0.2) is 0 Å². The molecule has 4 heteroatoms. The normalized spacial score (nSPS) is 37.5. The Labute approximate surface area is 161 Å². The summed E-state index contributed by atoms with van der Waals surface area (Å²) in [4.78, 5) is 0. The van der Waals surface area contributed by atoms with Crippen LogP contribution in [-0.2, 0) is 11.2 Å². The van der Waals surface area contributed by atoms with Gasteiger partial charge in [-0.25, -0.2) is 4.39 Å². The first kappa shape index (κ1) is 19.2. The molecule has 6 atom stereocenters. The van der Waals surface area contributed by atoms with Crippen LogP contribution in [0, 0.1) is 23.2 Å². The molecular formula is C23H33FO3. The van der Waals surface area contributed by atoms with Crippen molar-refractivity contribution in [3.8, 4) is 5.75 Å². The molecule has 2 saturated carbocycles. The van der Waals surface area contributed by atoms with Gasteiger partial charge in [0.2, 0.25) is 0 Å². The smallest absolute Gasteiger partial charge is 0.115 e. The number of hydrogen-bond donors (Lipinski definition) is 2. The zero-order chi connectivity index (χ0) is 19.0. The zero-order valence-electron chi connectivity index (χ0n) is 16.4. The fraction of sp³-hybridized carbons (Fsp3) is 0.739. The van der Waals surface area contributed by atoms with Crippen molar-refractivity contribution in [2.75, 3.05) is 19.9 Å². The maximum atomic E-state index is 12.3. The molecule has 0 aromatic heterocycles. The molecule has 4 rings (SSSR count). The highest BCUT2D eigenvalue weighted by molar-refractivity contribution is 5.40. The van der Waals surface area contributed by atoms with Crippen LogP contribution < -0.4 is 0 Å². The molecule has 150 valence electrons. The van der Waals surface area contributed by atoms with Gasteiger partial charge in [-0.1, -0.05) is 13.0 Å². The summed E-state index contributed by atoms with van der Waals surface area (Å²) in [5.74, 6) is 2.61. The van der Waals surface area contributed by atoms with Crippen LogP contribution in [0.1, 0.15) is 62.5 Å². The first-order valence-electron chi connectivity index (χ1n) is 10.7. The standard InChI is InChI=1S/C23H33FO3/c1-23-14-16(3-2-11-27-12-10-24)22-18-7-5-17(25)13-15(18)4-6-19(22)20(23)8-9-21(23)26/h5,7,13,16,19-22,25-26H,2-4,6,8-12,14H2,1H3/t16-,19-,20-,21?,22+,23-/m0/s1. The molecule has 2 fully saturated rings. The quantitative estimate of drug-likeness (QED) is 0.713. The van der Waals surface area contributed by atoms with E-state index in [1.807, 2.05) is 12.1 Å². The van der Waals surface area contributed by atoms with E-state index >= 15 is 0 Å². The summed E-state index contributed by atoms with van der Waals surface area (Å²) in [5, 5.41) is 20.7. The number of phenols is 1. The van der Waals surface area contributed by atoms with Gasteiger partial charge in [-0.2, -0.15) is 0 Å². The van der Waals surface area contributed by atoms with Gasteiger partial charge in [0, 0.05) is 6.61 Å². The number of rotatable bonds is 6. The Balaban J connectivity index is 1.60. The molecular weight excluding hydrogens is 343 g/mol. The Morgan fingerprint density at radius 1 is 1.22 bits per heavy atom. The van der Waals surface area contributed by atoms with Crippen molar-refractivity contribution in [1.82, 2.24) is 0 Å². The van der Waals surface area contributed by atoms with Gasteiger partial charge >= 0.3 is 0 Å². The third kappa shape index (κ3) is 3.40. The fourth-order valence-corrected chi connectivity index (χ4v) is 6.73. The number of phenolic OH excluding ortho intramolecular Hbond substituents is 1. The molecule has 0 heterocycles. The van der Waals surface area contributed by atoms with E-state index in [1.165, 1.54) is 11.1 Å². The second-order valence-corrected chi connectivity index (χ2v) is 9.22. The van der Waals surface area contributed by atoms with E-state index in [4.69, 9.17) is 4.74 Å². The minimum Gasteiger partial charge on any atom is -0.508 e. The van der Waals surface area contributed by atoms with Gasteiger partial charge in [0.1, 0.15) is 12.4 Å². The minimum atomic E-state index is -0.420. The zero-order valence-corrected chi connectivity index (χ0v) is 16.4. The number of fused-ring (bicyclic) bond motifs is 5. The van der Waals surface area contributed by atoms with Crippen LogP contribution in [0.3, 0.4) is 0 Å². The highest BCUT2D eigenvalue weighted by atomic mass is 19.1. The second kappa shape index (κ2) is 7.71. The number of alkyl halides is 1. The van der Waals surface area contributed by atoms with Gasteiger partial charge in [-0.15, -0.1) is 0 Å². The molecule has 3 aliphatic rings. The molecule has 0 bridgehead atoms. The average Bonchev–Trinajstić information content (AvgIpc) is 2.95. The van der Waals surface area contributed by atoms with Crippen LogP contribution in [-0.4, -0.2) is 36.2 Å². The van der Waals surface area contributed by atoms with Crippen molar-refractivity contribution < 1.29 is 19.3 Å². The van der Waals surface area contributed by atoms with Crippen LogP contribution in [0.4, 0.5) is 4.39 Å². The molecule has 0 aliphatic heterocycles. The van der Waals surface area contributed by atoms with Gasteiger partial charge in [0.25, 0.3) is 0 Å². The van der Waals surface area contributed by atoms with Crippen LogP contribution >= 0.6 is 0 Å². The van der Waals surface area contributed by atoms with Crippen molar-refractivity contribution in [3.63, 3.8) is 0 Å². The highest BCUT2D eigenvalue weighted by Gasteiger charge is 2.57. The van der Waals surface area contributed by atoms with Crippen molar-refractivity contribution in [2.24, 2.45) is 23.2 Å². The number of hydrogen-bond acceptors (Lipinski definition) is 3.